The third kappa shape index (κ3) is 3.04. The summed E-state index contributed by atoms with van der Waals surface area (Å²) in [5.74, 6) is 2.28. The van der Waals surface area contributed by atoms with Gasteiger partial charge in [-0.05, 0) is 12.1 Å². The zero-order chi connectivity index (χ0) is 13.7. The number of methoxy groups -OCH3 is 3. The second-order valence-electron chi connectivity index (χ2n) is 3.61. The van der Waals surface area contributed by atoms with Crippen LogP contribution in [0.3, 0.4) is 0 Å². The molecule has 1 aromatic carbocycles. The van der Waals surface area contributed by atoms with Gasteiger partial charge in [-0.2, -0.15) is 4.98 Å². The van der Waals surface area contributed by atoms with Gasteiger partial charge in [0.2, 0.25) is 11.8 Å². The summed E-state index contributed by atoms with van der Waals surface area (Å²) < 4.78 is 15.5. The van der Waals surface area contributed by atoms with Crippen molar-refractivity contribution in [1.82, 2.24) is 9.97 Å². The first-order valence-corrected chi connectivity index (χ1v) is 5.63. The molecule has 0 amide bonds. The van der Waals surface area contributed by atoms with Gasteiger partial charge in [0.15, 0.2) is 0 Å². The Morgan fingerprint density at radius 1 is 1.00 bits per heavy atom. The topological polar surface area (TPSA) is 65.5 Å². The Bertz CT molecular complexity index is 561. The minimum atomic E-state index is 0.433. The lowest BCUT2D eigenvalue weighted by atomic mass is 10.2. The second kappa shape index (κ2) is 5.90. The van der Waals surface area contributed by atoms with Crippen molar-refractivity contribution in [3.8, 4) is 17.4 Å². The predicted octanol–water partition coefficient (Wildman–Crippen LogP) is 2.25. The zero-order valence-corrected chi connectivity index (χ0v) is 11.0. The summed E-state index contributed by atoms with van der Waals surface area (Å²) >= 11 is 0. The molecule has 1 aromatic heterocycles. The van der Waals surface area contributed by atoms with Gasteiger partial charge >= 0.3 is 0 Å². The van der Waals surface area contributed by atoms with Crippen molar-refractivity contribution in [3.05, 3.63) is 30.5 Å². The smallest absolute Gasteiger partial charge is 0.230 e. The summed E-state index contributed by atoms with van der Waals surface area (Å²) in [7, 11) is 4.75. The van der Waals surface area contributed by atoms with E-state index in [2.05, 4.69) is 15.3 Å². The lowest BCUT2D eigenvalue weighted by Gasteiger charge is -2.11. The number of ether oxygens (including phenoxy) is 3. The van der Waals surface area contributed by atoms with Gasteiger partial charge in [-0.1, -0.05) is 0 Å². The number of rotatable bonds is 5. The summed E-state index contributed by atoms with van der Waals surface area (Å²) in [5, 5.41) is 3.07. The van der Waals surface area contributed by atoms with Crippen molar-refractivity contribution in [2.75, 3.05) is 26.6 Å². The fraction of sp³-hybridized carbons (Fsp3) is 0.231. The Hall–Kier alpha value is -2.50. The Kier molecular flexibility index (Phi) is 4.02. The number of anilines is 2. The first-order chi connectivity index (χ1) is 9.26. The highest BCUT2D eigenvalue weighted by Crippen LogP contribution is 2.30. The number of nitrogens with zero attached hydrogens (tertiary/aromatic N) is 2. The highest BCUT2D eigenvalue weighted by Gasteiger charge is 2.07. The summed E-state index contributed by atoms with van der Waals surface area (Å²) in [6.45, 7) is 0. The molecule has 0 bridgehead atoms. The van der Waals surface area contributed by atoms with Crippen LogP contribution >= 0.6 is 0 Å². The van der Waals surface area contributed by atoms with Crippen LogP contribution in [0.25, 0.3) is 0 Å². The van der Waals surface area contributed by atoms with Crippen molar-refractivity contribution in [1.29, 1.82) is 0 Å². The lowest BCUT2D eigenvalue weighted by molar-refractivity contribution is 0.395. The molecule has 0 fully saturated rings. The average molecular weight is 261 g/mol. The molecule has 0 aliphatic carbocycles. The van der Waals surface area contributed by atoms with E-state index in [1.165, 1.54) is 0 Å². The van der Waals surface area contributed by atoms with Gasteiger partial charge in [-0.3, -0.25) is 0 Å². The number of benzene rings is 1. The van der Waals surface area contributed by atoms with Crippen LogP contribution in [-0.2, 0) is 0 Å². The van der Waals surface area contributed by atoms with Gasteiger partial charge in [0.25, 0.3) is 0 Å². The molecule has 0 spiro atoms. The van der Waals surface area contributed by atoms with Crippen LogP contribution in [-0.4, -0.2) is 31.3 Å². The molecule has 0 aliphatic rings. The van der Waals surface area contributed by atoms with Crippen molar-refractivity contribution in [2.24, 2.45) is 0 Å². The molecular formula is C13H15N3O3. The van der Waals surface area contributed by atoms with Crippen LogP contribution < -0.4 is 19.5 Å². The molecule has 1 N–H and O–H groups in total. The normalized spacial score (nSPS) is 9.84. The van der Waals surface area contributed by atoms with Crippen LogP contribution in [0.2, 0.25) is 0 Å². The van der Waals surface area contributed by atoms with Crippen molar-refractivity contribution in [2.45, 2.75) is 0 Å². The maximum Gasteiger partial charge on any atom is 0.230 e. The average Bonchev–Trinajstić information content (AvgIpc) is 2.48. The molecule has 2 aromatic rings. The molecule has 19 heavy (non-hydrogen) atoms. The lowest BCUT2D eigenvalue weighted by Crippen LogP contribution is -2.00. The van der Waals surface area contributed by atoms with Crippen LogP contribution in [0.5, 0.6) is 17.4 Å². The molecule has 1 heterocycles. The van der Waals surface area contributed by atoms with Gasteiger partial charge in [-0.25, -0.2) is 4.98 Å². The molecule has 0 atom stereocenters. The van der Waals surface area contributed by atoms with Crippen LogP contribution in [0, 0.1) is 0 Å². The van der Waals surface area contributed by atoms with Gasteiger partial charge in [0.05, 0.1) is 27.0 Å². The molecule has 0 radical (unpaired) electrons. The highest BCUT2D eigenvalue weighted by atomic mass is 16.5. The molecular weight excluding hydrogens is 246 g/mol. The fourth-order valence-corrected chi connectivity index (χ4v) is 1.54. The SMILES string of the molecule is COc1ccc(Nc2nccc(OC)n2)c(OC)c1. The summed E-state index contributed by atoms with van der Waals surface area (Å²) in [5.41, 5.74) is 0.747. The first kappa shape index (κ1) is 12.9. The molecule has 6 heteroatoms. The zero-order valence-electron chi connectivity index (χ0n) is 11.0. The second-order valence-corrected chi connectivity index (χ2v) is 3.61. The quantitative estimate of drug-likeness (QED) is 0.890. The maximum absolute atomic E-state index is 5.29. The molecule has 0 aliphatic heterocycles. The Morgan fingerprint density at radius 2 is 1.84 bits per heavy atom. The Balaban J connectivity index is 2.26. The van der Waals surface area contributed by atoms with E-state index in [4.69, 9.17) is 14.2 Å². The monoisotopic (exact) mass is 261 g/mol. The third-order valence-corrected chi connectivity index (χ3v) is 2.49. The number of nitrogens with one attached hydrogen (secondary N) is 1. The largest absolute Gasteiger partial charge is 0.497 e. The van der Waals surface area contributed by atoms with Gasteiger partial charge in [0.1, 0.15) is 11.5 Å². The van der Waals surface area contributed by atoms with Crippen LogP contribution in [0.4, 0.5) is 11.6 Å². The van der Waals surface area contributed by atoms with E-state index in [1.54, 1.807) is 39.7 Å². The molecule has 6 nitrogen and oxygen atoms in total. The van der Waals surface area contributed by atoms with Crippen molar-refractivity contribution >= 4 is 11.6 Å². The van der Waals surface area contributed by atoms with Gasteiger partial charge in [0, 0.05) is 18.3 Å². The van der Waals surface area contributed by atoms with Crippen LogP contribution in [0.15, 0.2) is 30.5 Å². The Labute approximate surface area is 111 Å². The summed E-state index contributed by atoms with van der Waals surface area (Å²) in [6, 6.07) is 7.12. The number of hydrogen-bond acceptors (Lipinski definition) is 6. The van der Waals surface area contributed by atoms with E-state index in [0.717, 1.165) is 5.69 Å². The standard InChI is InChI=1S/C13H15N3O3/c1-17-9-4-5-10(11(8-9)18-2)15-13-14-7-6-12(16-13)19-3/h4-8H,1-3H3,(H,14,15,16). The Morgan fingerprint density at radius 3 is 2.53 bits per heavy atom. The van der Waals surface area contributed by atoms with Crippen LogP contribution in [0.1, 0.15) is 0 Å². The van der Waals surface area contributed by atoms with Gasteiger partial charge < -0.3 is 19.5 Å². The molecule has 2 rings (SSSR count). The highest BCUT2D eigenvalue weighted by molar-refractivity contribution is 5.64. The van der Waals surface area contributed by atoms with E-state index < -0.39 is 0 Å². The van der Waals surface area contributed by atoms with E-state index in [1.807, 2.05) is 12.1 Å². The van der Waals surface area contributed by atoms with Crippen molar-refractivity contribution in [3.63, 3.8) is 0 Å². The summed E-state index contributed by atoms with van der Waals surface area (Å²) in [6.07, 6.45) is 1.62. The molecule has 100 valence electrons. The molecule has 0 saturated carbocycles. The fourth-order valence-electron chi connectivity index (χ4n) is 1.54. The molecule has 0 unspecified atom stereocenters. The first-order valence-electron chi connectivity index (χ1n) is 5.63. The van der Waals surface area contributed by atoms with E-state index in [-0.39, 0.29) is 0 Å². The van der Waals surface area contributed by atoms with E-state index >= 15 is 0 Å². The number of aromatic nitrogens is 2. The van der Waals surface area contributed by atoms with Gasteiger partial charge in [-0.15, -0.1) is 0 Å². The number of hydrogen-bond donors (Lipinski definition) is 1. The third-order valence-electron chi connectivity index (χ3n) is 2.49. The summed E-state index contributed by atoms with van der Waals surface area (Å²) in [4.78, 5) is 8.28. The maximum atomic E-state index is 5.29. The minimum Gasteiger partial charge on any atom is -0.497 e. The molecule has 0 saturated heterocycles. The minimum absolute atomic E-state index is 0.433. The van der Waals surface area contributed by atoms with E-state index in [9.17, 15) is 0 Å². The van der Waals surface area contributed by atoms with Crippen molar-refractivity contribution < 1.29 is 14.2 Å². The predicted molar refractivity (Wildman–Crippen MR) is 71.4 cm³/mol. The van der Waals surface area contributed by atoms with E-state index in [0.29, 0.717) is 23.3 Å².